The molecule has 0 aliphatic rings. The fourth-order valence-electron chi connectivity index (χ4n) is 0. The molecule has 0 amide bonds. The third kappa shape index (κ3) is 18400. The summed E-state index contributed by atoms with van der Waals surface area (Å²) in [7, 11) is 60.0. The molecular formula is C61H178N10Y5-10. The molecule has 0 heterocycles. The molecule has 0 unspecified atom stereocenters. The van der Waals surface area contributed by atoms with E-state index in [2.05, 4.69) is 69.2 Å². The van der Waals surface area contributed by atoms with Gasteiger partial charge in [-0.25, -0.2) is 0 Å². The molecule has 0 N–H and O–H groups in total. The van der Waals surface area contributed by atoms with Crippen LogP contribution in [0.15, 0.2) is 0 Å². The zero-order valence-electron chi connectivity index (χ0n) is 66.9. The van der Waals surface area contributed by atoms with Gasteiger partial charge in [-0.15, -0.1) is 0 Å². The van der Waals surface area contributed by atoms with Gasteiger partial charge in [0.1, 0.15) is 0 Å². The Kier molecular flexibility index (Phi) is 922. The van der Waals surface area contributed by atoms with Crippen LogP contribution in [-0.2, 0) is 164 Å². The number of hydrogen-bond donors (Lipinski definition) is 0. The Morgan fingerprint density at radius 2 is 0.132 bits per heavy atom. The predicted octanol–water partition coefficient (Wildman–Crippen LogP) is 16.4. The summed E-state index contributed by atoms with van der Waals surface area (Å²) >= 11 is 0. The Morgan fingerprint density at radius 3 is 0.132 bits per heavy atom. The van der Waals surface area contributed by atoms with E-state index in [1.807, 2.05) is 302 Å². The number of hydrogen-bond acceptors (Lipinski definition) is 10. The van der Waals surface area contributed by atoms with Crippen molar-refractivity contribution in [3.05, 3.63) is 74.3 Å². The van der Waals surface area contributed by atoms with Crippen molar-refractivity contribution in [1.29, 1.82) is 0 Å². The molecule has 0 aromatic heterocycles. The smallest absolute Gasteiger partial charge is 0 e. The standard InChI is InChI=1S/10C3H9N.5C3H8.3C2H6.10CH3.5Y/c10*1-4(2)3;5*1-3-2;3*1-2;;;;;;;;;;;;;;;/h10*1-3H3;5*3H2,1-2H3;3*1-2H3;10*1H3;;;;;/q;;;;;;;;;;;;;;;;;;10*-1;;;;;. The molecule has 76 heavy (non-hydrogen) atoms. The van der Waals surface area contributed by atoms with Crippen molar-refractivity contribution in [2.24, 2.45) is 0 Å². The molecule has 0 spiro atoms. The Morgan fingerprint density at radius 1 is 0.132 bits per heavy atom. The summed E-state index contributed by atoms with van der Waals surface area (Å²) in [4.78, 5) is 20.0. The first-order valence-electron chi connectivity index (χ1n) is 23.5. The Hall–Kier alpha value is 5.12. The predicted molar refractivity (Wildman–Crippen MR) is 374 cm³/mol. The van der Waals surface area contributed by atoms with Crippen LogP contribution in [-0.4, -0.2) is 260 Å². The van der Waals surface area contributed by atoms with Crippen LogP contribution in [0.1, 0.15) is 143 Å². The molecule has 5 radical (unpaired) electrons. The Labute approximate surface area is 632 Å². The van der Waals surface area contributed by atoms with E-state index in [4.69, 9.17) is 0 Å². The van der Waals surface area contributed by atoms with E-state index in [0.717, 1.165) is 0 Å². The fraction of sp³-hybridized carbons (Fsp3) is 0.836. The monoisotopic (exact) mass is 1500 g/mol. The van der Waals surface area contributed by atoms with Crippen molar-refractivity contribution in [2.45, 2.75) is 143 Å². The molecular weight excluding hydrogens is 1320 g/mol. The van der Waals surface area contributed by atoms with E-state index < -0.39 is 0 Å². The third-order valence-electron chi connectivity index (χ3n) is 0. The second kappa shape index (κ2) is 312. The average Bonchev–Trinajstić information content (AvgIpc) is 2.99. The maximum Gasteiger partial charge on any atom is 0 e. The van der Waals surface area contributed by atoms with Crippen molar-refractivity contribution in [2.75, 3.05) is 211 Å². The van der Waals surface area contributed by atoms with Gasteiger partial charge in [-0.3, -0.25) is 0 Å². The second-order valence-corrected chi connectivity index (χ2v) is 17.0. The molecule has 0 aromatic rings. The minimum atomic E-state index is 0. The summed E-state index contributed by atoms with van der Waals surface area (Å²) in [6.45, 7) is 33.2. The largest absolute Gasteiger partial charge is 0.358 e. The normalized spacial score (nSPS) is 6.16. The van der Waals surface area contributed by atoms with Crippen molar-refractivity contribution in [3.8, 4) is 0 Å². The van der Waals surface area contributed by atoms with Crippen molar-refractivity contribution >= 4 is 0 Å². The van der Waals surface area contributed by atoms with Crippen LogP contribution in [0.5, 0.6) is 0 Å². The third-order valence-corrected chi connectivity index (χ3v) is 0. The molecule has 0 aromatic carbocycles. The van der Waals surface area contributed by atoms with Crippen LogP contribution in [0.2, 0.25) is 0 Å². The summed E-state index contributed by atoms with van der Waals surface area (Å²) in [5.41, 5.74) is 0. The van der Waals surface area contributed by atoms with Gasteiger partial charge in [0.05, 0.1) is 0 Å². The van der Waals surface area contributed by atoms with Gasteiger partial charge in [-0.1, -0.05) is 143 Å². The molecule has 0 aliphatic heterocycles. The molecule has 497 valence electrons. The molecule has 0 saturated heterocycles. The molecule has 0 atom stereocenters. The van der Waals surface area contributed by atoms with Gasteiger partial charge < -0.3 is 123 Å². The van der Waals surface area contributed by atoms with Crippen molar-refractivity contribution in [3.63, 3.8) is 0 Å². The summed E-state index contributed by atoms with van der Waals surface area (Å²) in [5.74, 6) is 0. The van der Waals surface area contributed by atoms with Gasteiger partial charge in [0.2, 0.25) is 0 Å². The summed E-state index contributed by atoms with van der Waals surface area (Å²) in [6, 6.07) is 0. The minimum absolute atomic E-state index is 0. The summed E-state index contributed by atoms with van der Waals surface area (Å²) in [6.07, 6.45) is 6.25. The SMILES string of the molecule is CC.CC.CC.CCC.CCC.CCC.CCC.CCC.CN(C)C.CN(C)C.CN(C)C.CN(C)C.CN(C)C.CN(C)C.CN(C)C.CN(C)C.CN(C)C.CN(C)C.[CH3-].[CH3-].[CH3-].[CH3-].[CH3-].[CH3-].[CH3-].[CH3-].[CH3-].[CH3-].[Y].[Y].[Y].[Y].[Y]. The zero-order valence-corrected chi connectivity index (χ0v) is 81.1. The van der Waals surface area contributed by atoms with Gasteiger partial charge in [0.25, 0.3) is 0 Å². The molecule has 0 fully saturated rings. The van der Waals surface area contributed by atoms with Gasteiger partial charge in [0.15, 0.2) is 0 Å². The van der Waals surface area contributed by atoms with Crippen LogP contribution in [0.3, 0.4) is 0 Å². The van der Waals surface area contributed by atoms with Gasteiger partial charge >= 0.3 is 0 Å². The number of rotatable bonds is 0. The number of nitrogens with zero attached hydrogens (tertiary/aromatic N) is 10. The van der Waals surface area contributed by atoms with Crippen LogP contribution in [0, 0.1) is 74.3 Å². The van der Waals surface area contributed by atoms with E-state index in [-0.39, 0.29) is 238 Å². The fourth-order valence-corrected chi connectivity index (χ4v) is 0. The minimum Gasteiger partial charge on any atom is -0.358 e. The molecule has 0 aliphatic carbocycles. The molecule has 10 nitrogen and oxygen atoms in total. The maximum atomic E-state index is 2.12. The average molecular weight is 1500 g/mol. The van der Waals surface area contributed by atoms with Crippen molar-refractivity contribution < 1.29 is 164 Å². The quantitative estimate of drug-likeness (QED) is 0.219. The van der Waals surface area contributed by atoms with E-state index in [1.54, 1.807) is 0 Å². The first-order chi connectivity index (χ1) is 27.4. The Bertz CT molecular complexity index is 268. The molecule has 0 rings (SSSR count). The molecule has 15 heteroatoms. The zero-order chi connectivity index (χ0) is 55.3. The van der Waals surface area contributed by atoms with Gasteiger partial charge in [-0.05, 0) is 211 Å². The van der Waals surface area contributed by atoms with E-state index in [9.17, 15) is 0 Å². The van der Waals surface area contributed by atoms with Crippen LogP contribution in [0.4, 0.5) is 0 Å². The van der Waals surface area contributed by atoms with E-state index in [0.29, 0.717) is 0 Å². The van der Waals surface area contributed by atoms with Crippen LogP contribution in [0.25, 0.3) is 0 Å². The molecule has 0 saturated carbocycles. The second-order valence-electron chi connectivity index (χ2n) is 17.0. The Balaban J connectivity index is -0.00000000824. The summed E-state index contributed by atoms with van der Waals surface area (Å²) < 4.78 is 0. The topological polar surface area (TPSA) is 32.4 Å². The first kappa shape index (κ1) is 225. The van der Waals surface area contributed by atoms with Crippen LogP contribution < -0.4 is 0 Å². The van der Waals surface area contributed by atoms with E-state index >= 15 is 0 Å². The first-order valence-corrected chi connectivity index (χ1v) is 23.5. The van der Waals surface area contributed by atoms with Gasteiger partial charge in [0, 0.05) is 164 Å². The summed E-state index contributed by atoms with van der Waals surface area (Å²) in [5, 5.41) is 0. The van der Waals surface area contributed by atoms with Crippen molar-refractivity contribution in [1.82, 2.24) is 49.0 Å². The van der Waals surface area contributed by atoms with E-state index in [1.165, 1.54) is 32.1 Å². The maximum absolute atomic E-state index is 2.12. The van der Waals surface area contributed by atoms with Crippen LogP contribution >= 0.6 is 0 Å². The van der Waals surface area contributed by atoms with Gasteiger partial charge in [-0.2, -0.15) is 0 Å². The molecule has 0 bridgehead atoms.